The van der Waals surface area contributed by atoms with Crippen molar-refractivity contribution < 1.29 is 14.4 Å². The van der Waals surface area contributed by atoms with Gasteiger partial charge in [-0.2, -0.15) is 0 Å². The summed E-state index contributed by atoms with van der Waals surface area (Å²) < 4.78 is 10.8. The molecule has 0 radical (unpaired) electrons. The highest BCUT2D eigenvalue weighted by Crippen LogP contribution is 2.35. The molecule has 0 spiro atoms. The van der Waals surface area contributed by atoms with E-state index in [1.54, 1.807) is 31.4 Å². The number of hydrogen-bond acceptors (Lipinski definition) is 5. The highest BCUT2D eigenvalue weighted by molar-refractivity contribution is 6.35. The van der Waals surface area contributed by atoms with E-state index in [9.17, 15) is 10.1 Å². The molecule has 0 heterocycles. The molecule has 0 aromatic heterocycles. The number of halogens is 2. The Bertz CT molecular complexity index is 740. The number of benzene rings is 2. The van der Waals surface area contributed by atoms with Gasteiger partial charge in [0.15, 0.2) is 0 Å². The molecule has 2 aromatic carbocycles. The molecular weight excluding hydrogens is 355 g/mol. The number of ether oxygens (including phenoxy) is 2. The average molecular weight is 371 g/mol. The summed E-state index contributed by atoms with van der Waals surface area (Å²) in [4.78, 5) is 10.7. The number of rotatable bonds is 7. The zero-order chi connectivity index (χ0) is 17.7. The molecule has 0 saturated carbocycles. The van der Waals surface area contributed by atoms with Crippen molar-refractivity contribution in [2.75, 3.05) is 19.0 Å². The second-order valence-corrected chi connectivity index (χ2v) is 5.88. The molecule has 128 valence electrons. The van der Waals surface area contributed by atoms with E-state index in [1.165, 1.54) is 12.1 Å². The third-order valence-corrected chi connectivity index (χ3v) is 3.80. The fourth-order valence-corrected chi connectivity index (χ4v) is 2.35. The van der Waals surface area contributed by atoms with Crippen molar-refractivity contribution in [3.8, 4) is 11.5 Å². The molecule has 0 bridgehead atoms. The lowest BCUT2D eigenvalue weighted by Gasteiger charge is -2.14. The van der Waals surface area contributed by atoms with Crippen LogP contribution >= 0.6 is 23.2 Å². The maximum absolute atomic E-state index is 11.2. The van der Waals surface area contributed by atoms with Gasteiger partial charge in [-0.15, -0.1) is 0 Å². The quantitative estimate of drug-likeness (QED) is 0.539. The molecule has 24 heavy (non-hydrogen) atoms. The topological polar surface area (TPSA) is 73.6 Å². The summed E-state index contributed by atoms with van der Waals surface area (Å²) in [5, 5.41) is 15.0. The fourth-order valence-electron chi connectivity index (χ4n) is 1.90. The van der Waals surface area contributed by atoms with Gasteiger partial charge < -0.3 is 14.8 Å². The Kier molecular flexibility index (Phi) is 6.25. The van der Waals surface area contributed by atoms with Crippen molar-refractivity contribution in [2.24, 2.45) is 0 Å². The van der Waals surface area contributed by atoms with Gasteiger partial charge in [-0.1, -0.05) is 23.2 Å². The standard InChI is InChI=1S/C16H16Cl2N2O4/c1-10(23-2)9-19-14-8-12(4-5-15(14)20(21)22)24-16-6-3-11(17)7-13(16)18/h3-8,10,19H,9H2,1-2H3. The van der Waals surface area contributed by atoms with E-state index in [1.807, 2.05) is 6.92 Å². The molecule has 1 N–H and O–H groups in total. The maximum Gasteiger partial charge on any atom is 0.292 e. The first-order chi connectivity index (χ1) is 11.4. The predicted octanol–water partition coefficient (Wildman–Crippen LogP) is 5.14. The van der Waals surface area contributed by atoms with Crippen LogP contribution in [0.4, 0.5) is 11.4 Å². The number of methoxy groups -OCH3 is 1. The van der Waals surface area contributed by atoms with Gasteiger partial charge in [0.1, 0.15) is 17.2 Å². The number of nitro groups is 1. The summed E-state index contributed by atoms with van der Waals surface area (Å²) in [5.41, 5.74) is 0.291. The van der Waals surface area contributed by atoms with Crippen LogP contribution in [-0.4, -0.2) is 24.7 Å². The van der Waals surface area contributed by atoms with Crippen LogP contribution in [0.3, 0.4) is 0 Å². The SMILES string of the molecule is COC(C)CNc1cc(Oc2ccc(Cl)cc2Cl)ccc1[N+](=O)[O-]. The number of nitrogens with zero attached hydrogens (tertiary/aromatic N) is 1. The number of nitro benzene ring substituents is 1. The average Bonchev–Trinajstić information content (AvgIpc) is 2.55. The minimum absolute atomic E-state index is 0.0483. The van der Waals surface area contributed by atoms with Crippen LogP contribution in [0.1, 0.15) is 6.92 Å². The van der Waals surface area contributed by atoms with Crippen LogP contribution in [0.25, 0.3) is 0 Å². The van der Waals surface area contributed by atoms with Crippen LogP contribution in [0.15, 0.2) is 36.4 Å². The molecule has 0 aliphatic heterocycles. The van der Waals surface area contributed by atoms with E-state index in [4.69, 9.17) is 32.7 Å². The third kappa shape index (κ3) is 4.74. The zero-order valence-corrected chi connectivity index (χ0v) is 14.6. The Hall–Kier alpha value is -2.02. The van der Waals surface area contributed by atoms with E-state index in [2.05, 4.69) is 5.32 Å². The predicted molar refractivity (Wildman–Crippen MR) is 94.6 cm³/mol. The summed E-state index contributed by atoms with van der Waals surface area (Å²) in [6.07, 6.45) is -0.0973. The smallest absolute Gasteiger partial charge is 0.292 e. The van der Waals surface area contributed by atoms with Gasteiger partial charge >= 0.3 is 0 Å². The van der Waals surface area contributed by atoms with Crippen LogP contribution in [0, 0.1) is 10.1 Å². The third-order valence-electron chi connectivity index (χ3n) is 3.27. The molecular formula is C16H16Cl2N2O4. The Balaban J connectivity index is 2.26. The second kappa shape index (κ2) is 8.19. The normalized spacial score (nSPS) is 11.8. The summed E-state index contributed by atoms with van der Waals surface area (Å²) in [6, 6.07) is 9.27. The van der Waals surface area contributed by atoms with E-state index in [0.717, 1.165) is 0 Å². The molecule has 0 aliphatic carbocycles. The molecule has 6 nitrogen and oxygen atoms in total. The first-order valence-corrected chi connectivity index (χ1v) is 7.84. The van der Waals surface area contributed by atoms with E-state index in [0.29, 0.717) is 33.8 Å². The molecule has 0 fully saturated rings. The van der Waals surface area contributed by atoms with Crippen molar-refractivity contribution in [3.63, 3.8) is 0 Å². The fraction of sp³-hybridized carbons (Fsp3) is 0.250. The van der Waals surface area contributed by atoms with Gasteiger partial charge in [0.25, 0.3) is 5.69 Å². The van der Waals surface area contributed by atoms with Crippen LogP contribution in [0.5, 0.6) is 11.5 Å². The first kappa shape index (κ1) is 18.3. The van der Waals surface area contributed by atoms with Gasteiger partial charge in [-0.25, -0.2) is 0 Å². The molecule has 2 aromatic rings. The Morgan fingerprint density at radius 3 is 2.62 bits per heavy atom. The lowest BCUT2D eigenvalue weighted by atomic mass is 10.2. The van der Waals surface area contributed by atoms with E-state index < -0.39 is 4.92 Å². The Labute approximate surface area is 149 Å². The zero-order valence-electron chi connectivity index (χ0n) is 13.1. The molecule has 8 heteroatoms. The lowest BCUT2D eigenvalue weighted by molar-refractivity contribution is -0.384. The monoisotopic (exact) mass is 370 g/mol. The molecule has 0 saturated heterocycles. The van der Waals surface area contributed by atoms with Crippen molar-refractivity contribution in [1.82, 2.24) is 0 Å². The van der Waals surface area contributed by atoms with Gasteiger partial charge in [0, 0.05) is 30.8 Å². The summed E-state index contributed by atoms with van der Waals surface area (Å²) >= 11 is 11.9. The Morgan fingerprint density at radius 1 is 1.25 bits per heavy atom. The largest absolute Gasteiger partial charge is 0.456 e. The van der Waals surface area contributed by atoms with Gasteiger partial charge in [-0.05, 0) is 31.2 Å². The summed E-state index contributed by atoms with van der Waals surface area (Å²) in [7, 11) is 1.57. The lowest BCUT2D eigenvalue weighted by Crippen LogP contribution is -2.18. The minimum Gasteiger partial charge on any atom is -0.456 e. The van der Waals surface area contributed by atoms with Crippen LogP contribution in [-0.2, 0) is 4.74 Å². The highest BCUT2D eigenvalue weighted by Gasteiger charge is 2.16. The van der Waals surface area contributed by atoms with Crippen molar-refractivity contribution in [1.29, 1.82) is 0 Å². The van der Waals surface area contributed by atoms with Gasteiger partial charge in [-0.3, -0.25) is 10.1 Å². The number of anilines is 1. The van der Waals surface area contributed by atoms with Crippen molar-refractivity contribution in [3.05, 3.63) is 56.6 Å². The van der Waals surface area contributed by atoms with E-state index in [-0.39, 0.29) is 11.8 Å². The van der Waals surface area contributed by atoms with E-state index >= 15 is 0 Å². The first-order valence-electron chi connectivity index (χ1n) is 7.08. The summed E-state index contributed by atoms with van der Waals surface area (Å²) in [6.45, 7) is 2.27. The van der Waals surface area contributed by atoms with Gasteiger partial charge in [0.05, 0.1) is 16.0 Å². The molecule has 0 amide bonds. The van der Waals surface area contributed by atoms with Crippen molar-refractivity contribution >= 4 is 34.6 Å². The van der Waals surface area contributed by atoms with Crippen LogP contribution < -0.4 is 10.1 Å². The second-order valence-electron chi connectivity index (χ2n) is 5.04. The maximum atomic E-state index is 11.2. The van der Waals surface area contributed by atoms with Crippen LogP contribution in [0.2, 0.25) is 10.0 Å². The van der Waals surface area contributed by atoms with Crippen molar-refractivity contribution in [2.45, 2.75) is 13.0 Å². The highest BCUT2D eigenvalue weighted by atomic mass is 35.5. The number of hydrogen-bond donors (Lipinski definition) is 1. The minimum atomic E-state index is -0.459. The number of nitrogens with one attached hydrogen (secondary N) is 1. The molecule has 1 atom stereocenters. The molecule has 0 aliphatic rings. The summed E-state index contributed by atoms with van der Waals surface area (Å²) in [5.74, 6) is 0.823. The molecule has 2 rings (SSSR count). The molecule has 1 unspecified atom stereocenters. The Morgan fingerprint density at radius 2 is 2.00 bits per heavy atom. The van der Waals surface area contributed by atoms with Gasteiger partial charge in [0.2, 0.25) is 0 Å².